The zero-order chi connectivity index (χ0) is 17.5. The van der Waals surface area contributed by atoms with Gasteiger partial charge in [0.15, 0.2) is 0 Å². The summed E-state index contributed by atoms with van der Waals surface area (Å²) < 4.78 is 11.2. The lowest BCUT2D eigenvalue weighted by Crippen LogP contribution is -2.36. The number of anilines is 1. The third-order valence-corrected chi connectivity index (χ3v) is 5.13. The molecular formula is C20H30N2O3. The summed E-state index contributed by atoms with van der Waals surface area (Å²) >= 11 is 0. The van der Waals surface area contributed by atoms with Crippen LogP contribution >= 0.6 is 0 Å². The molecule has 1 saturated heterocycles. The molecule has 1 aromatic rings. The number of ether oxygens (including phenoxy) is 2. The highest BCUT2D eigenvalue weighted by atomic mass is 16.5. The Kier molecular flexibility index (Phi) is 6.84. The van der Waals surface area contributed by atoms with Gasteiger partial charge in [-0.15, -0.1) is 0 Å². The minimum Gasteiger partial charge on any atom is -0.379 e. The van der Waals surface area contributed by atoms with Crippen LogP contribution in [0.5, 0.6) is 0 Å². The van der Waals surface area contributed by atoms with Gasteiger partial charge >= 0.3 is 0 Å². The maximum atomic E-state index is 12.3. The lowest BCUT2D eigenvalue weighted by atomic mass is 9.89. The topological polar surface area (TPSA) is 50.8 Å². The molecule has 0 unspecified atom stereocenters. The average Bonchev–Trinajstić information content (AvgIpc) is 2.63. The predicted molar refractivity (Wildman–Crippen MR) is 98.5 cm³/mol. The third kappa shape index (κ3) is 5.80. The SMILES string of the molecule is C[C@H]1CCC[C@@H](OCC(=O)Nc2ccccc2CN2CCOCC2)C1. The van der Waals surface area contributed by atoms with Crippen LogP contribution in [0.2, 0.25) is 0 Å². The largest absolute Gasteiger partial charge is 0.379 e. The number of hydrogen-bond donors (Lipinski definition) is 1. The molecule has 1 heterocycles. The van der Waals surface area contributed by atoms with Crippen molar-refractivity contribution in [1.82, 2.24) is 4.90 Å². The molecule has 1 saturated carbocycles. The van der Waals surface area contributed by atoms with Gasteiger partial charge in [0, 0.05) is 25.3 Å². The van der Waals surface area contributed by atoms with E-state index in [1.54, 1.807) is 0 Å². The Morgan fingerprint density at radius 2 is 2.08 bits per heavy atom. The highest BCUT2D eigenvalue weighted by Gasteiger charge is 2.20. The van der Waals surface area contributed by atoms with Crippen LogP contribution in [0.4, 0.5) is 5.69 Å². The zero-order valence-electron chi connectivity index (χ0n) is 15.2. The van der Waals surface area contributed by atoms with Crippen molar-refractivity contribution in [2.45, 2.75) is 45.3 Å². The van der Waals surface area contributed by atoms with Gasteiger partial charge in [0.05, 0.1) is 19.3 Å². The van der Waals surface area contributed by atoms with Gasteiger partial charge in [-0.3, -0.25) is 9.69 Å². The number of hydrogen-bond acceptors (Lipinski definition) is 4. The van der Waals surface area contributed by atoms with Crippen molar-refractivity contribution in [1.29, 1.82) is 0 Å². The van der Waals surface area contributed by atoms with E-state index in [1.165, 1.54) is 12.8 Å². The van der Waals surface area contributed by atoms with E-state index in [9.17, 15) is 4.79 Å². The molecule has 1 N–H and O–H groups in total. The number of nitrogens with one attached hydrogen (secondary N) is 1. The number of morpholine rings is 1. The second kappa shape index (κ2) is 9.32. The fourth-order valence-corrected chi connectivity index (χ4v) is 3.69. The molecule has 1 amide bonds. The molecule has 1 aliphatic carbocycles. The second-order valence-electron chi connectivity index (χ2n) is 7.30. The number of carbonyl (C=O) groups excluding carboxylic acids is 1. The van der Waals surface area contributed by atoms with Crippen LogP contribution in [0.15, 0.2) is 24.3 Å². The zero-order valence-corrected chi connectivity index (χ0v) is 15.2. The summed E-state index contributed by atoms with van der Waals surface area (Å²) in [7, 11) is 0. The van der Waals surface area contributed by atoms with Gasteiger partial charge in [0.25, 0.3) is 0 Å². The summed E-state index contributed by atoms with van der Waals surface area (Å²) in [5, 5.41) is 3.03. The Balaban J connectivity index is 1.50. The normalized spacial score (nSPS) is 24.8. The summed E-state index contributed by atoms with van der Waals surface area (Å²) in [5.74, 6) is 0.642. The lowest BCUT2D eigenvalue weighted by molar-refractivity contribution is -0.123. The van der Waals surface area contributed by atoms with Gasteiger partial charge in [-0.2, -0.15) is 0 Å². The molecule has 0 bridgehead atoms. The van der Waals surface area contributed by atoms with Crippen molar-refractivity contribution in [2.75, 3.05) is 38.2 Å². The molecule has 3 rings (SSSR count). The van der Waals surface area contributed by atoms with E-state index in [1.807, 2.05) is 18.2 Å². The first-order valence-corrected chi connectivity index (χ1v) is 9.50. The van der Waals surface area contributed by atoms with Crippen LogP contribution in [0.25, 0.3) is 0 Å². The van der Waals surface area contributed by atoms with Crippen molar-refractivity contribution in [3.8, 4) is 0 Å². The Morgan fingerprint density at radius 3 is 2.88 bits per heavy atom. The average molecular weight is 346 g/mol. The van der Waals surface area contributed by atoms with Crippen LogP contribution in [0.1, 0.15) is 38.2 Å². The molecule has 5 nitrogen and oxygen atoms in total. The Labute approximate surface area is 150 Å². The first-order chi connectivity index (χ1) is 12.2. The Bertz CT molecular complexity index is 558. The first-order valence-electron chi connectivity index (χ1n) is 9.50. The number of carbonyl (C=O) groups is 1. The Morgan fingerprint density at radius 1 is 1.28 bits per heavy atom. The number of para-hydroxylation sites is 1. The quantitative estimate of drug-likeness (QED) is 0.860. The van der Waals surface area contributed by atoms with Crippen LogP contribution in [-0.2, 0) is 20.8 Å². The molecule has 2 fully saturated rings. The van der Waals surface area contributed by atoms with Gasteiger partial charge in [-0.25, -0.2) is 0 Å². The van der Waals surface area contributed by atoms with E-state index in [0.717, 1.165) is 56.9 Å². The Hall–Kier alpha value is -1.43. The van der Waals surface area contributed by atoms with Crippen molar-refractivity contribution >= 4 is 11.6 Å². The standard InChI is InChI=1S/C20H30N2O3/c1-16-5-4-7-18(13-16)25-15-20(23)21-19-8-3-2-6-17(19)14-22-9-11-24-12-10-22/h2-3,6,8,16,18H,4-5,7,9-15H2,1H3,(H,21,23)/t16-,18+/m0/s1. The molecular weight excluding hydrogens is 316 g/mol. The van der Waals surface area contributed by atoms with Crippen LogP contribution in [0, 0.1) is 5.92 Å². The number of nitrogens with zero attached hydrogens (tertiary/aromatic N) is 1. The van der Waals surface area contributed by atoms with Gasteiger partial charge in [0.2, 0.25) is 5.91 Å². The maximum absolute atomic E-state index is 12.3. The minimum absolute atomic E-state index is 0.0624. The molecule has 2 aliphatic rings. The van der Waals surface area contributed by atoms with Crippen LogP contribution in [-0.4, -0.2) is 49.8 Å². The molecule has 1 aromatic carbocycles. The second-order valence-corrected chi connectivity index (χ2v) is 7.30. The molecule has 0 spiro atoms. The first kappa shape index (κ1) is 18.4. The van der Waals surface area contributed by atoms with Crippen LogP contribution < -0.4 is 5.32 Å². The summed E-state index contributed by atoms with van der Waals surface area (Å²) in [6.07, 6.45) is 4.86. The van der Waals surface area contributed by atoms with E-state index in [4.69, 9.17) is 9.47 Å². The van der Waals surface area contributed by atoms with Gasteiger partial charge in [0.1, 0.15) is 6.61 Å². The molecule has 0 aromatic heterocycles. The molecule has 5 heteroatoms. The van der Waals surface area contributed by atoms with Crippen molar-refractivity contribution < 1.29 is 14.3 Å². The fraction of sp³-hybridized carbons (Fsp3) is 0.650. The van der Waals surface area contributed by atoms with E-state index in [0.29, 0.717) is 5.92 Å². The molecule has 0 radical (unpaired) electrons. The predicted octanol–water partition coefficient (Wildman–Crippen LogP) is 3.05. The lowest BCUT2D eigenvalue weighted by Gasteiger charge is -2.27. The fourth-order valence-electron chi connectivity index (χ4n) is 3.69. The molecule has 25 heavy (non-hydrogen) atoms. The molecule has 2 atom stereocenters. The van der Waals surface area contributed by atoms with Gasteiger partial charge < -0.3 is 14.8 Å². The smallest absolute Gasteiger partial charge is 0.250 e. The third-order valence-electron chi connectivity index (χ3n) is 5.13. The highest BCUT2D eigenvalue weighted by Crippen LogP contribution is 2.25. The molecule has 1 aliphatic heterocycles. The summed E-state index contributed by atoms with van der Waals surface area (Å²) in [6, 6.07) is 8.03. The van der Waals surface area contributed by atoms with Crippen molar-refractivity contribution in [3.05, 3.63) is 29.8 Å². The van der Waals surface area contributed by atoms with E-state index in [2.05, 4.69) is 23.2 Å². The minimum atomic E-state index is -0.0624. The monoisotopic (exact) mass is 346 g/mol. The van der Waals surface area contributed by atoms with Crippen molar-refractivity contribution in [3.63, 3.8) is 0 Å². The summed E-state index contributed by atoms with van der Waals surface area (Å²) in [4.78, 5) is 14.7. The van der Waals surface area contributed by atoms with Crippen molar-refractivity contribution in [2.24, 2.45) is 5.92 Å². The van der Waals surface area contributed by atoms with Gasteiger partial charge in [-0.1, -0.05) is 38.0 Å². The van der Waals surface area contributed by atoms with E-state index >= 15 is 0 Å². The molecule has 138 valence electrons. The number of benzene rings is 1. The summed E-state index contributed by atoms with van der Waals surface area (Å²) in [5.41, 5.74) is 2.03. The van der Waals surface area contributed by atoms with Gasteiger partial charge in [-0.05, 0) is 30.4 Å². The maximum Gasteiger partial charge on any atom is 0.250 e. The van der Waals surface area contributed by atoms with Crippen LogP contribution in [0.3, 0.4) is 0 Å². The summed E-state index contributed by atoms with van der Waals surface area (Å²) in [6.45, 7) is 6.67. The number of amides is 1. The van der Waals surface area contributed by atoms with E-state index in [-0.39, 0.29) is 18.6 Å². The highest BCUT2D eigenvalue weighted by molar-refractivity contribution is 5.92. The van der Waals surface area contributed by atoms with E-state index < -0.39 is 0 Å². The number of rotatable bonds is 6.